The summed E-state index contributed by atoms with van der Waals surface area (Å²) < 4.78 is 4.94. The molecular formula is C6H15NO3. The van der Waals surface area contributed by atoms with E-state index in [1.807, 2.05) is 0 Å². The number of hydrogen-bond acceptors (Lipinski definition) is 4. The van der Waals surface area contributed by atoms with Crippen LogP contribution in [0.1, 0.15) is 0 Å². The summed E-state index contributed by atoms with van der Waals surface area (Å²) in [7, 11) is 0. The Morgan fingerprint density at radius 2 is 1.80 bits per heavy atom. The van der Waals surface area contributed by atoms with Gasteiger partial charge in [0.1, 0.15) is 0 Å². The minimum atomic E-state index is 0.0694. The van der Waals surface area contributed by atoms with Crippen molar-refractivity contribution >= 4 is 0 Å². The van der Waals surface area contributed by atoms with E-state index in [0.717, 1.165) is 6.54 Å². The molecular weight excluding hydrogens is 134 g/mol. The Balaban J connectivity index is 2.65. The lowest BCUT2D eigenvalue weighted by molar-refractivity contribution is 0.0933. The SMILES string of the molecule is OCCNCCOCCO. The normalized spacial score (nSPS) is 10.2. The third-order valence-electron chi connectivity index (χ3n) is 0.947. The van der Waals surface area contributed by atoms with Gasteiger partial charge >= 0.3 is 0 Å². The second-order valence-corrected chi connectivity index (χ2v) is 1.81. The molecule has 0 aliphatic carbocycles. The van der Waals surface area contributed by atoms with Gasteiger partial charge < -0.3 is 20.3 Å². The van der Waals surface area contributed by atoms with Crippen LogP contribution in [0.25, 0.3) is 0 Å². The first-order valence-electron chi connectivity index (χ1n) is 3.42. The van der Waals surface area contributed by atoms with Gasteiger partial charge in [-0.1, -0.05) is 0 Å². The highest BCUT2D eigenvalue weighted by Gasteiger charge is 1.85. The molecule has 0 aliphatic rings. The van der Waals surface area contributed by atoms with Gasteiger partial charge in [0.15, 0.2) is 0 Å². The van der Waals surface area contributed by atoms with Gasteiger partial charge in [0.2, 0.25) is 0 Å². The monoisotopic (exact) mass is 149 g/mol. The van der Waals surface area contributed by atoms with Gasteiger partial charge in [-0.2, -0.15) is 0 Å². The molecule has 4 heteroatoms. The summed E-state index contributed by atoms with van der Waals surface area (Å²) in [5.41, 5.74) is 0. The first-order valence-corrected chi connectivity index (χ1v) is 3.42. The lowest BCUT2D eigenvalue weighted by Gasteiger charge is -2.02. The van der Waals surface area contributed by atoms with E-state index < -0.39 is 0 Å². The molecule has 0 aromatic rings. The molecule has 10 heavy (non-hydrogen) atoms. The number of aliphatic hydroxyl groups is 2. The van der Waals surface area contributed by atoms with Crippen LogP contribution in [-0.2, 0) is 4.74 Å². The van der Waals surface area contributed by atoms with Crippen molar-refractivity contribution in [3.63, 3.8) is 0 Å². The highest BCUT2D eigenvalue weighted by Crippen LogP contribution is 1.70. The molecule has 0 unspecified atom stereocenters. The minimum absolute atomic E-state index is 0.0694. The van der Waals surface area contributed by atoms with Gasteiger partial charge in [-0.3, -0.25) is 0 Å². The molecule has 0 aromatic carbocycles. The van der Waals surface area contributed by atoms with Crippen LogP contribution in [-0.4, -0.2) is 49.7 Å². The molecule has 4 nitrogen and oxygen atoms in total. The molecule has 0 saturated heterocycles. The van der Waals surface area contributed by atoms with Crippen LogP contribution in [0, 0.1) is 0 Å². The van der Waals surface area contributed by atoms with E-state index in [4.69, 9.17) is 14.9 Å². The molecule has 0 fully saturated rings. The maximum atomic E-state index is 8.33. The minimum Gasteiger partial charge on any atom is -0.395 e. The molecule has 0 rings (SSSR count). The second-order valence-electron chi connectivity index (χ2n) is 1.81. The van der Waals surface area contributed by atoms with Gasteiger partial charge in [0.25, 0.3) is 0 Å². The van der Waals surface area contributed by atoms with Crippen LogP contribution >= 0.6 is 0 Å². The quantitative estimate of drug-likeness (QED) is 0.389. The lowest BCUT2D eigenvalue weighted by Crippen LogP contribution is -2.23. The number of ether oxygens (including phenoxy) is 1. The van der Waals surface area contributed by atoms with Crippen molar-refractivity contribution in [2.75, 3.05) is 39.5 Å². The predicted octanol–water partition coefficient (Wildman–Crippen LogP) is -1.42. The summed E-state index contributed by atoms with van der Waals surface area (Å²) in [4.78, 5) is 0. The summed E-state index contributed by atoms with van der Waals surface area (Å²) >= 11 is 0. The number of rotatable bonds is 7. The summed E-state index contributed by atoms with van der Waals surface area (Å²) in [5.74, 6) is 0. The van der Waals surface area contributed by atoms with E-state index in [1.54, 1.807) is 0 Å². The van der Waals surface area contributed by atoms with Crippen LogP contribution in [0.2, 0.25) is 0 Å². The van der Waals surface area contributed by atoms with Gasteiger partial charge in [0, 0.05) is 13.1 Å². The maximum Gasteiger partial charge on any atom is 0.0698 e. The fraction of sp³-hybridized carbons (Fsp3) is 1.00. The average molecular weight is 149 g/mol. The first kappa shape index (κ1) is 9.84. The molecule has 0 atom stereocenters. The van der Waals surface area contributed by atoms with Crippen LogP contribution in [0.5, 0.6) is 0 Å². The van der Waals surface area contributed by atoms with Crippen molar-refractivity contribution in [3.05, 3.63) is 0 Å². The van der Waals surface area contributed by atoms with Crippen molar-refractivity contribution in [1.82, 2.24) is 5.32 Å². The van der Waals surface area contributed by atoms with Crippen LogP contribution in [0.4, 0.5) is 0 Å². The predicted molar refractivity (Wildman–Crippen MR) is 37.9 cm³/mol. The molecule has 0 spiro atoms. The summed E-state index contributed by atoms with van der Waals surface area (Å²) in [6, 6.07) is 0. The fourth-order valence-electron chi connectivity index (χ4n) is 0.515. The lowest BCUT2D eigenvalue weighted by atomic mass is 10.6. The number of hydrogen-bond donors (Lipinski definition) is 3. The van der Waals surface area contributed by atoms with E-state index in [-0.39, 0.29) is 13.2 Å². The third kappa shape index (κ3) is 7.84. The second kappa shape index (κ2) is 8.84. The van der Waals surface area contributed by atoms with Crippen molar-refractivity contribution in [1.29, 1.82) is 0 Å². The summed E-state index contributed by atoms with van der Waals surface area (Å²) in [6.45, 7) is 2.52. The Labute approximate surface area is 60.8 Å². The number of aliphatic hydroxyl groups excluding tert-OH is 2. The van der Waals surface area contributed by atoms with Crippen molar-refractivity contribution in [2.45, 2.75) is 0 Å². The highest BCUT2D eigenvalue weighted by atomic mass is 16.5. The number of nitrogens with one attached hydrogen (secondary N) is 1. The molecule has 0 amide bonds. The molecule has 0 saturated carbocycles. The summed E-state index contributed by atoms with van der Waals surface area (Å²) in [6.07, 6.45) is 0. The van der Waals surface area contributed by atoms with E-state index in [9.17, 15) is 0 Å². The Morgan fingerprint density at radius 3 is 2.40 bits per heavy atom. The van der Waals surface area contributed by atoms with Crippen molar-refractivity contribution < 1.29 is 14.9 Å². The van der Waals surface area contributed by atoms with Gasteiger partial charge in [0.05, 0.1) is 26.4 Å². The standard InChI is InChI=1S/C6H15NO3/c8-3-1-7-2-5-10-6-4-9/h7-9H,1-6H2. The van der Waals surface area contributed by atoms with Crippen LogP contribution < -0.4 is 5.32 Å². The van der Waals surface area contributed by atoms with Crippen LogP contribution in [0.3, 0.4) is 0 Å². The van der Waals surface area contributed by atoms with Crippen LogP contribution in [0.15, 0.2) is 0 Å². The zero-order valence-electron chi connectivity index (χ0n) is 6.05. The van der Waals surface area contributed by atoms with E-state index in [0.29, 0.717) is 19.8 Å². The zero-order valence-corrected chi connectivity index (χ0v) is 6.05. The zero-order chi connectivity index (χ0) is 7.66. The highest BCUT2D eigenvalue weighted by molar-refractivity contribution is 4.42. The Bertz CT molecular complexity index is 53.0. The van der Waals surface area contributed by atoms with Crippen molar-refractivity contribution in [3.8, 4) is 0 Å². The molecule has 0 bridgehead atoms. The van der Waals surface area contributed by atoms with Gasteiger partial charge in [-0.25, -0.2) is 0 Å². The van der Waals surface area contributed by atoms with Gasteiger partial charge in [-0.05, 0) is 0 Å². The topological polar surface area (TPSA) is 61.7 Å². The molecule has 0 aromatic heterocycles. The smallest absolute Gasteiger partial charge is 0.0698 e. The Morgan fingerprint density at radius 1 is 1.00 bits per heavy atom. The average Bonchev–Trinajstić information content (AvgIpc) is 1.97. The molecule has 3 N–H and O–H groups in total. The van der Waals surface area contributed by atoms with E-state index >= 15 is 0 Å². The third-order valence-corrected chi connectivity index (χ3v) is 0.947. The largest absolute Gasteiger partial charge is 0.395 e. The summed E-state index contributed by atoms with van der Waals surface area (Å²) in [5, 5.41) is 19.5. The molecule has 0 aliphatic heterocycles. The maximum absolute atomic E-state index is 8.33. The Kier molecular flexibility index (Phi) is 8.70. The Hall–Kier alpha value is -0.160. The molecule has 0 heterocycles. The molecule has 0 radical (unpaired) electrons. The molecule has 62 valence electrons. The van der Waals surface area contributed by atoms with E-state index in [2.05, 4.69) is 5.32 Å². The van der Waals surface area contributed by atoms with E-state index in [1.165, 1.54) is 0 Å². The van der Waals surface area contributed by atoms with Gasteiger partial charge in [-0.15, -0.1) is 0 Å². The first-order chi connectivity index (χ1) is 4.91. The fourth-order valence-corrected chi connectivity index (χ4v) is 0.515. The van der Waals surface area contributed by atoms with Crippen molar-refractivity contribution in [2.24, 2.45) is 0 Å².